The van der Waals surface area contributed by atoms with Crippen LogP contribution < -0.4 is 15.8 Å². The van der Waals surface area contributed by atoms with E-state index in [1.54, 1.807) is 45.2 Å². The number of anilines is 2. The summed E-state index contributed by atoms with van der Waals surface area (Å²) in [6, 6.07) is 13.1. The number of ether oxygens (including phenoxy) is 1. The van der Waals surface area contributed by atoms with Crippen LogP contribution in [0.4, 0.5) is 16.2 Å². The second-order valence-electron chi connectivity index (χ2n) is 8.48. The summed E-state index contributed by atoms with van der Waals surface area (Å²) in [5.41, 5.74) is 8.41. The summed E-state index contributed by atoms with van der Waals surface area (Å²) in [5.74, 6) is 0.512. The third-order valence-electron chi connectivity index (χ3n) is 4.45. The zero-order chi connectivity index (χ0) is 24.2. The fourth-order valence-electron chi connectivity index (χ4n) is 3.13. The largest absolute Gasteiger partial charge is 0.444 e. The highest BCUT2D eigenvalue weighted by atomic mass is 32.2. The predicted octanol–water partition coefficient (Wildman–Crippen LogP) is 3.68. The van der Waals surface area contributed by atoms with Gasteiger partial charge >= 0.3 is 16.4 Å². The zero-order valence-corrected chi connectivity index (χ0v) is 19.3. The Labute approximate surface area is 192 Å². The lowest BCUT2D eigenvalue weighted by Gasteiger charge is -2.23. The number of nitrogen functional groups attached to an aromatic ring is 1. The van der Waals surface area contributed by atoms with Crippen LogP contribution in [0, 0.1) is 0 Å². The lowest BCUT2D eigenvalue weighted by molar-refractivity contribution is 0.0501. The van der Waals surface area contributed by atoms with Crippen molar-refractivity contribution in [3.63, 3.8) is 0 Å². The smallest absolute Gasteiger partial charge is 0.408 e. The Morgan fingerprint density at radius 1 is 1.21 bits per heavy atom. The first-order valence-electron chi connectivity index (χ1n) is 10.1. The first kappa shape index (κ1) is 24.1. The Balaban J connectivity index is 1.84. The van der Waals surface area contributed by atoms with Crippen LogP contribution in [0.1, 0.15) is 38.2 Å². The van der Waals surface area contributed by atoms with E-state index in [0.29, 0.717) is 17.9 Å². The van der Waals surface area contributed by atoms with Crippen LogP contribution >= 0.6 is 0 Å². The van der Waals surface area contributed by atoms with Crippen LogP contribution in [-0.2, 0) is 21.5 Å². The number of aromatic nitrogens is 2. The normalized spacial score (nSPS) is 12.7. The van der Waals surface area contributed by atoms with Crippen molar-refractivity contribution in [2.75, 3.05) is 10.5 Å². The van der Waals surface area contributed by atoms with Gasteiger partial charge in [-0.2, -0.15) is 8.42 Å². The SMILES string of the molecule is CC(C)(C)OC(=O)N[C@@H](Cc1ccc(NS(=O)(=O)O)cc1)c1ncc(-c2cccc(N)c2)[nH]1. The number of imidazole rings is 1. The number of nitrogens with one attached hydrogen (secondary N) is 3. The number of alkyl carbamates (subject to hydrolysis) is 1. The second kappa shape index (κ2) is 9.51. The van der Waals surface area contributed by atoms with Gasteiger partial charge in [-0.25, -0.2) is 9.78 Å². The number of H-pyrrole nitrogens is 1. The van der Waals surface area contributed by atoms with Crippen molar-refractivity contribution in [3.8, 4) is 11.3 Å². The highest BCUT2D eigenvalue weighted by Crippen LogP contribution is 2.24. The van der Waals surface area contributed by atoms with Crippen molar-refractivity contribution in [2.24, 2.45) is 0 Å². The first-order valence-corrected chi connectivity index (χ1v) is 11.6. The molecule has 2 aromatic carbocycles. The molecule has 1 aromatic heterocycles. The molecule has 0 radical (unpaired) electrons. The molecule has 3 aromatic rings. The average molecular weight is 474 g/mol. The maximum atomic E-state index is 12.5. The van der Waals surface area contributed by atoms with Crippen molar-refractivity contribution in [1.82, 2.24) is 15.3 Å². The van der Waals surface area contributed by atoms with Crippen LogP contribution in [0.25, 0.3) is 11.3 Å². The van der Waals surface area contributed by atoms with E-state index in [2.05, 4.69) is 15.3 Å². The van der Waals surface area contributed by atoms with Gasteiger partial charge in [-0.3, -0.25) is 9.27 Å². The molecule has 0 aliphatic heterocycles. The van der Waals surface area contributed by atoms with E-state index >= 15 is 0 Å². The number of hydrogen-bond donors (Lipinski definition) is 5. The number of nitrogens with zero attached hydrogens (tertiary/aromatic N) is 1. The van der Waals surface area contributed by atoms with E-state index in [-0.39, 0.29) is 5.69 Å². The summed E-state index contributed by atoms with van der Waals surface area (Å²) in [6.45, 7) is 5.31. The molecule has 1 amide bonds. The van der Waals surface area contributed by atoms with E-state index in [4.69, 9.17) is 15.0 Å². The van der Waals surface area contributed by atoms with Gasteiger partial charge in [-0.1, -0.05) is 24.3 Å². The molecular weight excluding hydrogens is 446 g/mol. The third-order valence-corrected chi connectivity index (χ3v) is 4.95. The highest BCUT2D eigenvalue weighted by Gasteiger charge is 2.23. The van der Waals surface area contributed by atoms with Gasteiger partial charge in [0.05, 0.1) is 23.6 Å². The Morgan fingerprint density at radius 3 is 2.52 bits per heavy atom. The molecule has 176 valence electrons. The third kappa shape index (κ3) is 7.51. The number of hydrogen-bond acceptors (Lipinski definition) is 6. The molecule has 1 heterocycles. The average Bonchev–Trinajstić information content (AvgIpc) is 3.16. The summed E-state index contributed by atoms with van der Waals surface area (Å²) >= 11 is 0. The molecule has 11 heteroatoms. The Bertz CT molecular complexity index is 1220. The maximum absolute atomic E-state index is 12.5. The lowest BCUT2D eigenvalue weighted by Crippen LogP contribution is -2.36. The molecule has 10 nitrogen and oxygen atoms in total. The van der Waals surface area contributed by atoms with Gasteiger partial charge in [-0.05, 0) is 50.6 Å². The first-order chi connectivity index (χ1) is 15.4. The number of aromatic amines is 1. The molecular formula is C22H27N5O5S. The number of amides is 1. The molecule has 0 bridgehead atoms. The molecule has 0 saturated heterocycles. The van der Waals surface area contributed by atoms with E-state index in [1.165, 1.54) is 12.1 Å². The second-order valence-corrected chi connectivity index (χ2v) is 9.64. The van der Waals surface area contributed by atoms with Crippen molar-refractivity contribution in [2.45, 2.75) is 38.8 Å². The van der Waals surface area contributed by atoms with Crippen molar-refractivity contribution < 1.29 is 22.5 Å². The summed E-state index contributed by atoms with van der Waals surface area (Å²) in [4.78, 5) is 20.1. The van der Waals surface area contributed by atoms with Gasteiger partial charge in [0.1, 0.15) is 11.4 Å². The van der Waals surface area contributed by atoms with E-state index in [0.717, 1.165) is 16.8 Å². The van der Waals surface area contributed by atoms with Crippen LogP contribution in [0.15, 0.2) is 54.7 Å². The molecule has 3 rings (SSSR count). The molecule has 0 saturated carbocycles. The van der Waals surface area contributed by atoms with Crippen LogP contribution in [0.3, 0.4) is 0 Å². The lowest BCUT2D eigenvalue weighted by atomic mass is 10.1. The number of rotatable bonds is 7. The van der Waals surface area contributed by atoms with Crippen LogP contribution in [0.2, 0.25) is 0 Å². The summed E-state index contributed by atoms with van der Waals surface area (Å²) < 4.78 is 38.3. The Kier molecular flexibility index (Phi) is 6.94. The molecule has 0 spiro atoms. The van der Waals surface area contributed by atoms with E-state index < -0.39 is 28.0 Å². The number of carbonyl (C=O) groups excluding carboxylic acids is 1. The standard InChI is InChI=1S/C22H27N5O5S/c1-22(2,3)32-21(28)26-18(11-14-7-9-17(10-8-14)27-33(29,30)31)20-24-13-19(25-20)15-5-4-6-16(23)12-15/h4-10,12-13,18,27H,11,23H2,1-3H3,(H,24,25)(H,26,28)(H,29,30,31)/t18-/m0/s1. The molecule has 6 N–H and O–H groups in total. The van der Waals surface area contributed by atoms with Gasteiger partial charge in [0.25, 0.3) is 0 Å². The van der Waals surface area contributed by atoms with E-state index in [9.17, 15) is 13.2 Å². The summed E-state index contributed by atoms with van der Waals surface area (Å²) in [7, 11) is -4.36. The number of carbonyl (C=O) groups is 1. The van der Waals surface area contributed by atoms with Crippen LogP contribution in [0.5, 0.6) is 0 Å². The fourth-order valence-corrected chi connectivity index (χ4v) is 3.56. The summed E-state index contributed by atoms with van der Waals surface area (Å²) in [5, 5.41) is 2.84. The monoisotopic (exact) mass is 473 g/mol. The van der Waals surface area contributed by atoms with Gasteiger partial charge in [0.2, 0.25) is 0 Å². The van der Waals surface area contributed by atoms with Gasteiger partial charge in [0, 0.05) is 17.7 Å². The molecule has 0 aliphatic carbocycles. The highest BCUT2D eigenvalue weighted by molar-refractivity contribution is 7.87. The van der Waals surface area contributed by atoms with Gasteiger partial charge < -0.3 is 20.8 Å². The quantitative estimate of drug-likeness (QED) is 0.258. The molecule has 1 atom stereocenters. The van der Waals surface area contributed by atoms with Crippen molar-refractivity contribution in [3.05, 3.63) is 66.1 Å². The van der Waals surface area contributed by atoms with Crippen molar-refractivity contribution >= 4 is 27.8 Å². The Hall–Kier alpha value is -3.57. The van der Waals surface area contributed by atoms with Gasteiger partial charge in [0.15, 0.2) is 0 Å². The minimum atomic E-state index is -4.36. The molecule has 33 heavy (non-hydrogen) atoms. The molecule has 0 fully saturated rings. The Morgan fingerprint density at radius 2 is 1.91 bits per heavy atom. The van der Waals surface area contributed by atoms with Crippen molar-refractivity contribution in [1.29, 1.82) is 0 Å². The molecule has 0 aliphatic rings. The molecule has 0 unspecified atom stereocenters. The topological polar surface area (TPSA) is 159 Å². The van der Waals surface area contributed by atoms with Crippen LogP contribution in [-0.4, -0.2) is 34.6 Å². The number of benzene rings is 2. The predicted molar refractivity (Wildman–Crippen MR) is 126 cm³/mol. The summed E-state index contributed by atoms with van der Waals surface area (Å²) in [6.07, 6.45) is 1.40. The minimum absolute atomic E-state index is 0.208. The minimum Gasteiger partial charge on any atom is -0.444 e. The number of nitrogens with two attached hydrogens (primary N) is 1. The van der Waals surface area contributed by atoms with Gasteiger partial charge in [-0.15, -0.1) is 0 Å². The van der Waals surface area contributed by atoms with E-state index in [1.807, 2.05) is 22.9 Å². The maximum Gasteiger partial charge on any atom is 0.408 e. The fraction of sp³-hybridized carbons (Fsp3) is 0.273. The zero-order valence-electron chi connectivity index (χ0n) is 18.5.